The Morgan fingerprint density at radius 1 is 1.12 bits per heavy atom. The van der Waals surface area contributed by atoms with Crippen molar-refractivity contribution in [2.45, 2.75) is 6.92 Å². The highest BCUT2D eigenvalue weighted by Gasteiger charge is 2.12. The van der Waals surface area contributed by atoms with E-state index < -0.39 is 11.8 Å². The number of methoxy groups -OCH3 is 1. The predicted molar refractivity (Wildman–Crippen MR) is 100.0 cm³/mol. The van der Waals surface area contributed by atoms with Gasteiger partial charge < -0.3 is 14.8 Å². The molecular weight excluding hydrogens is 358 g/mol. The molecule has 7 nitrogen and oxygen atoms in total. The first-order chi connectivity index (χ1) is 12.5. The molecule has 0 aliphatic rings. The van der Waals surface area contributed by atoms with Gasteiger partial charge in [-0.05, 0) is 55.0 Å². The van der Waals surface area contributed by atoms with Crippen LogP contribution in [0.2, 0.25) is 5.02 Å². The fraction of sp³-hybridized carbons (Fsp3) is 0.167. The van der Waals surface area contributed by atoms with Gasteiger partial charge in [-0.25, -0.2) is 5.43 Å². The average Bonchev–Trinajstić information content (AvgIpc) is 2.64. The Morgan fingerprint density at radius 2 is 1.85 bits per heavy atom. The quantitative estimate of drug-likeness (QED) is 0.461. The summed E-state index contributed by atoms with van der Waals surface area (Å²) < 4.78 is 10.7. The Bertz CT molecular complexity index is 807. The van der Waals surface area contributed by atoms with Gasteiger partial charge in [-0.1, -0.05) is 11.6 Å². The Kier molecular flexibility index (Phi) is 6.99. The number of anilines is 1. The standard InChI is InChI=1S/C18H18ClN3O4/c1-3-26-15-9-4-12(10-16(15)25-2)11-20-22-18(24)17(23)21-14-7-5-13(19)6-8-14/h4-11H,3H2,1-2H3,(H,21,23)(H,22,24)/b20-11+. The lowest BCUT2D eigenvalue weighted by Gasteiger charge is -2.09. The molecule has 0 atom stereocenters. The summed E-state index contributed by atoms with van der Waals surface area (Å²) in [6, 6.07) is 11.6. The maximum Gasteiger partial charge on any atom is 0.329 e. The van der Waals surface area contributed by atoms with Crippen LogP contribution < -0.4 is 20.2 Å². The number of carbonyl (C=O) groups excluding carboxylic acids is 2. The van der Waals surface area contributed by atoms with Gasteiger partial charge in [-0.15, -0.1) is 0 Å². The first-order valence-corrected chi connectivity index (χ1v) is 8.12. The molecule has 0 aromatic heterocycles. The number of benzene rings is 2. The van der Waals surface area contributed by atoms with Crippen molar-refractivity contribution in [3.05, 3.63) is 53.1 Å². The number of rotatable bonds is 6. The van der Waals surface area contributed by atoms with Crippen molar-refractivity contribution in [1.82, 2.24) is 5.43 Å². The van der Waals surface area contributed by atoms with Crippen LogP contribution in [-0.4, -0.2) is 31.7 Å². The molecule has 0 bridgehead atoms. The molecule has 26 heavy (non-hydrogen) atoms. The topological polar surface area (TPSA) is 89.0 Å². The normalized spacial score (nSPS) is 10.4. The van der Waals surface area contributed by atoms with E-state index in [-0.39, 0.29) is 0 Å². The molecule has 0 unspecified atom stereocenters. The molecular formula is C18H18ClN3O4. The van der Waals surface area contributed by atoms with Gasteiger partial charge in [0.1, 0.15) is 0 Å². The van der Waals surface area contributed by atoms with Crippen LogP contribution in [0.4, 0.5) is 5.69 Å². The maximum atomic E-state index is 11.8. The van der Waals surface area contributed by atoms with Gasteiger partial charge in [0.25, 0.3) is 0 Å². The minimum absolute atomic E-state index is 0.453. The highest BCUT2D eigenvalue weighted by molar-refractivity contribution is 6.39. The highest BCUT2D eigenvalue weighted by atomic mass is 35.5. The summed E-state index contributed by atoms with van der Waals surface area (Å²) in [5.74, 6) is -0.580. The molecule has 0 aliphatic heterocycles. The van der Waals surface area contributed by atoms with E-state index in [9.17, 15) is 9.59 Å². The van der Waals surface area contributed by atoms with Gasteiger partial charge >= 0.3 is 11.8 Å². The number of ether oxygens (including phenoxy) is 2. The van der Waals surface area contributed by atoms with Crippen LogP contribution in [0.1, 0.15) is 12.5 Å². The summed E-state index contributed by atoms with van der Waals surface area (Å²) in [6.07, 6.45) is 1.39. The number of hydrogen-bond donors (Lipinski definition) is 2. The third-order valence-corrected chi connectivity index (χ3v) is 3.43. The second-order valence-electron chi connectivity index (χ2n) is 5.00. The second kappa shape index (κ2) is 9.43. The summed E-state index contributed by atoms with van der Waals surface area (Å²) in [6.45, 7) is 2.39. The zero-order chi connectivity index (χ0) is 18.9. The fourth-order valence-electron chi connectivity index (χ4n) is 1.98. The SMILES string of the molecule is CCOc1ccc(/C=N/NC(=O)C(=O)Nc2ccc(Cl)cc2)cc1OC. The van der Waals surface area contributed by atoms with E-state index in [4.69, 9.17) is 21.1 Å². The monoisotopic (exact) mass is 375 g/mol. The number of nitrogens with zero attached hydrogens (tertiary/aromatic N) is 1. The minimum Gasteiger partial charge on any atom is -0.493 e. The van der Waals surface area contributed by atoms with Crippen molar-refractivity contribution in [3.8, 4) is 11.5 Å². The molecule has 0 radical (unpaired) electrons. The number of halogens is 1. The molecule has 2 rings (SSSR count). The van der Waals surface area contributed by atoms with Crippen molar-refractivity contribution in [3.63, 3.8) is 0 Å². The molecule has 2 aromatic rings. The van der Waals surface area contributed by atoms with Crippen molar-refractivity contribution in [1.29, 1.82) is 0 Å². The van der Waals surface area contributed by atoms with Crippen molar-refractivity contribution < 1.29 is 19.1 Å². The molecule has 0 spiro atoms. The molecule has 2 aromatic carbocycles. The lowest BCUT2D eigenvalue weighted by Crippen LogP contribution is -2.32. The van der Waals surface area contributed by atoms with Crippen molar-refractivity contribution in [2.24, 2.45) is 5.10 Å². The molecule has 0 heterocycles. The lowest BCUT2D eigenvalue weighted by molar-refractivity contribution is -0.136. The lowest BCUT2D eigenvalue weighted by atomic mass is 10.2. The molecule has 136 valence electrons. The van der Waals surface area contributed by atoms with Crippen LogP contribution in [-0.2, 0) is 9.59 Å². The van der Waals surface area contributed by atoms with E-state index in [1.54, 1.807) is 42.5 Å². The highest BCUT2D eigenvalue weighted by Crippen LogP contribution is 2.27. The van der Waals surface area contributed by atoms with E-state index in [1.807, 2.05) is 6.92 Å². The Labute approximate surface area is 155 Å². The molecule has 0 fully saturated rings. The van der Waals surface area contributed by atoms with Gasteiger partial charge in [0, 0.05) is 10.7 Å². The molecule has 2 amide bonds. The number of amides is 2. The van der Waals surface area contributed by atoms with Gasteiger partial charge in [0.2, 0.25) is 0 Å². The summed E-state index contributed by atoms with van der Waals surface area (Å²) in [5, 5.41) is 6.73. The van der Waals surface area contributed by atoms with E-state index in [0.29, 0.717) is 34.4 Å². The Morgan fingerprint density at radius 3 is 2.50 bits per heavy atom. The number of hydrogen-bond acceptors (Lipinski definition) is 5. The average molecular weight is 376 g/mol. The Hall–Kier alpha value is -3.06. The number of carbonyl (C=O) groups is 2. The first-order valence-electron chi connectivity index (χ1n) is 7.74. The van der Waals surface area contributed by atoms with Crippen LogP contribution in [0.25, 0.3) is 0 Å². The van der Waals surface area contributed by atoms with Crippen LogP contribution in [0.3, 0.4) is 0 Å². The van der Waals surface area contributed by atoms with Gasteiger partial charge in [-0.3, -0.25) is 9.59 Å². The molecule has 0 saturated carbocycles. The first kappa shape index (κ1) is 19.3. The fourth-order valence-corrected chi connectivity index (χ4v) is 2.10. The zero-order valence-electron chi connectivity index (χ0n) is 14.3. The van der Waals surface area contributed by atoms with E-state index in [1.165, 1.54) is 13.3 Å². The third-order valence-electron chi connectivity index (χ3n) is 3.18. The van der Waals surface area contributed by atoms with E-state index in [2.05, 4.69) is 15.8 Å². The van der Waals surface area contributed by atoms with Crippen LogP contribution >= 0.6 is 11.6 Å². The smallest absolute Gasteiger partial charge is 0.329 e. The maximum absolute atomic E-state index is 11.8. The predicted octanol–water partition coefficient (Wildman–Crippen LogP) is 2.84. The van der Waals surface area contributed by atoms with Crippen LogP contribution in [0.5, 0.6) is 11.5 Å². The minimum atomic E-state index is -0.894. The third kappa shape index (κ3) is 5.49. The summed E-state index contributed by atoms with van der Waals surface area (Å²) in [7, 11) is 1.53. The molecule has 8 heteroatoms. The summed E-state index contributed by atoms with van der Waals surface area (Å²) >= 11 is 5.76. The van der Waals surface area contributed by atoms with Gasteiger partial charge in [0.05, 0.1) is 19.9 Å². The van der Waals surface area contributed by atoms with Crippen molar-refractivity contribution >= 4 is 35.3 Å². The molecule has 0 saturated heterocycles. The number of hydrazone groups is 1. The van der Waals surface area contributed by atoms with Crippen molar-refractivity contribution in [2.75, 3.05) is 19.0 Å². The summed E-state index contributed by atoms with van der Waals surface area (Å²) in [4.78, 5) is 23.5. The number of nitrogens with one attached hydrogen (secondary N) is 2. The second-order valence-corrected chi connectivity index (χ2v) is 5.44. The Balaban J connectivity index is 1.93. The van der Waals surface area contributed by atoms with Gasteiger partial charge in [0.15, 0.2) is 11.5 Å². The molecule has 0 aliphatic carbocycles. The summed E-state index contributed by atoms with van der Waals surface area (Å²) in [5.41, 5.74) is 3.28. The largest absolute Gasteiger partial charge is 0.493 e. The van der Waals surface area contributed by atoms with Crippen LogP contribution in [0.15, 0.2) is 47.6 Å². The van der Waals surface area contributed by atoms with Crippen LogP contribution in [0, 0.1) is 0 Å². The molecule has 2 N–H and O–H groups in total. The zero-order valence-corrected chi connectivity index (χ0v) is 15.0. The van der Waals surface area contributed by atoms with Gasteiger partial charge in [-0.2, -0.15) is 5.10 Å². The van der Waals surface area contributed by atoms with E-state index >= 15 is 0 Å². The van der Waals surface area contributed by atoms with E-state index in [0.717, 1.165) is 0 Å².